The van der Waals surface area contributed by atoms with Crippen molar-refractivity contribution in [2.45, 2.75) is 37.8 Å². The highest BCUT2D eigenvalue weighted by atomic mass is 16.3. The van der Waals surface area contributed by atoms with Gasteiger partial charge in [0, 0.05) is 18.2 Å². The minimum absolute atomic E-state index is 0.0423. The Hall–Kier alpha value is -1.55. The molecule has 0 spiro atoms. The third-order valence-corrected chi connectivity index (χ3v) is 3.42. The van der Waals surface area contributed by atoms with E-state index in [-0.39, 0.29) is 5.91 Å². The van der Waals surface area contributed by atoms with Crippen molar-refractivity contribution in [1.82, 2.24) is 10.6 Å². The quantitative estimate of drug-likeness (QED) is 0.801. The molecule has 4 heteroatoms. The lowest BCUT2D eigenvalue weighted by Crippen LogP contribution is -2.40. The minimum atomic E-state index is -0.0423. The zero-order chi connectivity index (χ0) is 12.8. The van der Waals surface area contributed by atoms with Crippen LogP contribution >= 0.6 is 0 Å². The summed E-state index contributed by atoms with van der Waals surface area (Å²) in [6.07, 6.45) is 9.17. The van der Waals surface area contributed by atoms with Crippen LogP contribution in [0.3, 0.4) is 0 Å². The number of hydrogen-bond donors (Lipinski definition) is 2. The number of hydrogen-bond acceptors (Lipinski definition) is 3. The predicted octanol–water partition coefficient (Wildman–Crippen LogP) is 1.94. The van der Waals surface area contributed by atoms with Crippen LogP contribution in [-0.4, -0.2) is 25.0 Å². The number of amides is 1. The molecule has 1 aromatic rings. The lowest BCUT2D eigenvalue weighted by molar-refractivity contribution is -0.117. The van der Waals surface area contributed by atoms with E-state index in [0.717, 1.165) is 25.7 Å². The molecule has 0 bridgehead atoms. The van der Waals surface area contributed by atoms with Crippen molar-refractivity contribution in [3.63, 3.8) is 0 Å². The van der Waals surface area contributed by atoms with Crippen molar-refractivity contribution >= 4 is 12.0 Å². The lowest BCUT2D eigenvalue weighted by atomic mass is 9.91. The van der Waals surface area contributed by atoms with Gasteiger partial charge in [-0.15, -0.1) is 0 Å². The summed E-state index contributed by atoms with van der Waals surface area (Å²) in [6, 6.07) is 4.54. The van der Waals surface area contributed by atoms with Crippen molar-refractivity contribution in [2.75, 3.05) is 7.05 Å². The van der Waals surface area contributed by atoms with Crippen LogP contribution in [0.4, 0.5) is 0 Å². The molecule has 2 rings (SSSR count). The van der Waals surface area contributed by atoms with Crippen molar-refractivity contribution < 1.29 is 9.21 Å². The number of nitrogens with one attached hydrogen (secondary N) is 2. The second-order valence-electron chi connectivity index (χ2n) is 4.69. The van der Waals surface area contributed by atoms with Gasteiger partial charge < -0.3 is 15.1 Å². The highest BCUT2D eigenvalue weighted by Gasteiger charge is 2.20. The molecule has 0 radical (unpaired) electrons. The second-order valence-corrected chi connectivity index (χ2v) is 4.69. The zero-order valence-corrected chi connectivity index (χ0v) is 10.7. The van der Waals surface area contributed by atoms with Gasteiger partial charge >= 0.3 is 0 Å². The second kappa shape index (κ2) is 6.40. The number of rotatable bonds is 4. The Bertz CT molecular complexity index is 390. The topological polar surface area (TPSA) is 54.3 Å². The first kappa shape index (κ1) is 12.9. The fourth-order valence-electron chi connectivity index (χ4n) is 2.32. The molecule has 1 saturated carbocycles. The van der Waals surface area contributed by atoms with Crippen LogP contribution in [0.5, 0.6) is 0 Å². The van der Waals surface area contributed by atoms with Gasteiger partial charge in [-0.2, -0.15) is 0 Å². The molecule has 1 aromatic heterocycles. The first-order valence-electron chi connectivity index (χ1n) is 6.47. The monoisotopic (exact) mass is 248 g/mol. The van der Waals surface area contributed by atoms with E-state index < -0.39 is 0 Å². The average molecular weight is 248 g/mol. The number of carbonyl (C=O) groups is 1. The fourth-order valence-corrected chi connectivity index (χ4v) is 2.32. The van der Waals surface area contributed by atoms with Gasteiger partial charge in [0.05, 0.1) is 6.26 Å². The van der Waals surface area contributed by atoms with Crippen LogP contribution in [0.25, 0.3) is 6.08 Å². The maximum atomic E-state index is 11.7. The van der Waals surface area contributed by atoms with Crippen LogP contribution in [0, 0.1) is 0 Å². The largest absolute Gasteiger partial charge is 0.465 e. The van der Waals surface area contributed by atoms with Gasteiger partial charge in [0.15, 0.2) is 0 Å². The standard InChI is InChI=1S/C14H20N2O2/c1-15-11-4-6-12(7-5-11)16-14(17)9-8-13-3-2-10-18-13/h2-3,8-12,15H,4-7H2,1H3,(H,16,17). The smallest absolute Gasteiger partial charge is 0.244 e. The van der Waals surface area contributed by atoms with Crippen molar-refractivity contribution in [1.29, 1.82) is 0 Å². The summed E-state index contributed by atoms with van der Waals surface area (Å²) in [6.45, 7) is 0. The Morgan fingerprint density at radius 2 is 2.06 bits per heavy atom. The van der Waals surface area contributed by atoms with E-state index >= 15 is 0 Å². The summed E-state index contributed by atoms with van der Waals surface area (Å²) in [5, 5.41) is 6.31. The molecule has 0 unspecified atom stereocenters. The Morgan fingerprint density at radius 3 is 2.67 bits per heavy atom. The molecule has 1 aliphatic carbocycles. The van der Waals surface area contributed by atoms with Crippen molar-refractivity contribution in [3.05, 3.63) is 30.2 Å². The van der Waals surface area contributed by atoms with Gasteiger partial charge in [0.2, 0.25) is 5.91 Å². The number of carbonyl (C=O) groups excluding carboxylic acids is 1. The van der Waals surface area contributed by atoms with Gasteiger partial charge in [0.25, 0.3) is 0 Å². The van der Waals surface area contributed by atoms with Crippen LogP contribution in [-0.2, 0) is 4.79 Å². The van der Waals surface area contributed by atoms with Crippen LogP contribution in [0.2, 0.25) is 0 Å². The Balaban J connectivity index is 1.75. The third-order valence-electron chi connectivity index (χ3n) is 3.42. The molecule has 1 heterocycles. The Morgan fingerprint density at radius 1 is 1.33 bits per heavy atom. The van der Waals surface area contributed by atoms with Gasteiger partial charge in [-0.05, 0) is 50.9 Å². The fraction of sp³-hybridized carbons (Fsp3) is 0.500. The maximum Gasteiger partial charge on any atom is 0.244 e. The molecule has 0 saturated heterocycles. The average Bonchev–Trinajstić information content (AvgIpc) is 2.90. The first-order valence-corrected chi connectivity index (χ1v) is 6.47. The van der Waals surface area contributed by atoms with Crippen molar-refractivity contribution in [2.24, 2.45) is 0 Å². The van der Waals surface area contributed by atoms with Crippen LogP contribution in [0.1, 0.15) is 31.4 Å². The van der Waals surface area contributed by atoms with E-state index in [1.165, 1.54) is 6.08 Å². The van der Waals surface area contributed by atoms with Gasteiger partial charge in [-0.3, -0.25) is 4.79 Å². The lowest BCUT2D eigenvalue weighted by Gasteiger charge is -2.28. The molecule has 1 fully saturated rings. The number of furan rings is 1. The SMILES string of the molecule is CNC1CCC(NC(=O)C=Cc2ccco2)CC1. The summed E-state index contributed by atoms with van der Waals surface area (Å²) in [5.74, 6) is 0.656. The first-order chi connectivity index (χ1) is 8.78. The molecular formula is C14H20N2O2. The molecule has 1 aliphatic rings. The summed E-state index contributed by atoms with van der Waals surface area (Å²) in [5.41, 5.74) is 0. The minimum Gasteiger partial charge on any atom is -0.465 e. The predicted molar refractivity (Wildman–Crippen MR) is 71.0 cm³/mol. The summed E-state index contributed by atoms with van der Waals surface area (Å²) < 4.78 is 5.13. The third kappa shape index (κ3) is 3.74. The van der Waals surface area contributed by atoms with Crippen LogP contribution < -0.4 is 10.6 Å². The van der Waals surface area contributed by atoms with Gasteiger partial charge in [-0.1, -0.05) is 0 Å². The molecule has 0 aromatic carbocycles. The van der Waals surface area contributed by atoms with E-state index in [0.29, 0.717) is 17.8 Å². The van der Waals surface area contributed by atoms with E-state index in [4.69, 9.17) is 4.42 Å². The summed E-state index contributed by atoms with van der Waals surface area (Å²) >= 11 is 0. The summed E-state index contributed by atoms with van der Waals surface area (Å²) in [7, 11) is 2.00. The molecule has 1 amide bonds. The molecule has 18 heavy (non-hydrogen) atoms. The highest BCUT2D eigenvalue weighted by Crippen LogP contribution is 2.18. The molecule has 0 atom stereocenters. The Labute approximate surface area is 107 Å². The molecule has 2 N–H and O–H groups in total. The zero-order valence-electron chi connectivity index (χ0n) is 10.7. The maximum absolute atomic E-state index is 11.7. The van der Waals surface area contributed by atoms with E-state index in [9.17, 15) is 4.79 Å². The van der Waals surface area contributed by atoms with Gasteiger partial charge in [-0.25, -0.2) is 0 Å². The van der Waals surface area contributed by atoms with Crippen LogP contribution in [0.15, 0.2) is 28.9 Å². The van der Waals surface area contributed by atoms with Crippen molar-refractivity contribution in [3.8, 4) is 0 Å². The van der Waals surface area contributed by atoms with E-state index in [2.05, 4.69) is 10.6 Å². The Kier molecular flexibility index (Phi) is 4.59. The molecule has 4 nitrogen and oxygen atoms in total. The highest BCUT2D eigenvalue weighted by molar-refractivity contribution is 5.91. The summed E-state index contributed by atoms with van der Waals surface area (Å²) in [4.78, 5) is 11.7. The van der Waals surface area contributed by atoms with E-state index in [1.54, 1.807) is 18.4 Å². The molecule has 98 valence electrons. The molecule has 0 aliphatic heterocycles. The van der Waals surface area contributed by atoms with E-state index in [1.807, 2.05) is 13.1 Å². The molecular weight excluding hydrogens is 228 g/mol. The normalized spacial score (nSPS) is 24.3. The van der Waals surface area contributed by atoms with Gasteiger partial charge in [0.1, 0.15) is 5.76 Å².